The van der Waals surface area contributed by atoms with Crippen LogP contribution in [-0.4, -0.2) is 67.2 Å². The van der Waals surface area contributed by atoms with Gasteiger partial charge in [0.2, 0.25) is 12.4 Å². The Morgan fingerprint density at radius 2 is 1.19 bits per heavy atom. The predicted octanol–water partition coefficient (Wildman–Crippen LogP) is -0.367. The van der Waals surface area contributed by atoms with Crippen LogP contribution >= 0.6 is 0 Å². The number of hydrogen-bond acceptors (Lipinski definition) is 11. The zero-order valence-electron chi connectivity index (χ0n) is 19.1. The molecule has 1 heterocycles. The maximum atomic E-state index is 11.8. The van der Waals surface area contributed by atoms with Crippen molar-refractivity contribution in [3.05, 3.63) is 0 Å². The van der Waals surface area contributed by atoms with E-state index in [1.54, 1.807) is 0 Å². The highest BCUT2D eigenvalue weighted by molar-refractivity contribution is 5.69. The van der Waals surface area contributed by atoms with Crippen molar-refractivity contribution in [1.82, 2.24) is 0 Å². The van der Waals surface area contributed by atoms with Crippen molar-refractivity contribution in [3.8, 4) is 0 Å². The highest BCUT2D eigenvalue weighted by Gasteiger charge is 2.53. The van der Waals surface area contributed by atoms with Crippen LogP contribution in [0.15, 0.2) is 0 Å². The number of ether oxygens (including phenoxy) is 6. The van der Waals surface area contributed by atoms with Crippen LogP contribution in [0.4, 0.5) is 0 Å². The summed E-state index contributed by atoms with van der Waals surface area (Å²) in [5.41, 5.74) is 0. The van der Waals surface area contributed by atoms with Gasteiger partial charge in [-0.25, -0.2) is 0 Å². The maximum Gasteiger partial charge on any atom is 0.305 e. The molecule has 0 bridgehead atoms. The molecule has 0 amide bonds. The van der Waals surface area contributed by atoms with Gasteiger partial charge in [0, 0.05) is 41.4 Å². The van der Waals surface area contributed by atoms with E-state index in [2.05, 4.69) is 0 Å². The molecule has 152 valence electrons. The van der Waals surface area contributed by atoms with Crippen LogP contribution in [0.2, 0.25) is 0 Å². The minimum atomic E-state index is -1.84. The zero-order chi connectivity index (χ0) is 24.3. The summed E-state index contributed by atoms with van der Waals surface area (Å²) in [7, 11) is 0. The van der Waals surface area contributed by atoms with Crippen LogP contribution in [0.25, 0.3) is 0 Å². The van der Waals surface area contributed by atoms with Gasteiger partial charge in [0.25, 0.3) is 0 Å². The first-order valence-electron chi connectivity index (χ1n) is 10.8. The second-order valence-corrected chi connectivity index (χ2v) is 5.08. The molecule has 1 aliphatic heterocycles. The van der Waals surface area contributed by atoms with Gasteiger partial charge in [0.1, 0.15) is 12.7 Å². The molecule has 0 aliphatic carbocycles. The third-order valence-electron chi connectivity index (χ3n) is 3.05. The molecule has 1 aliphatic rings. The standard InChI is InChI=1S/C16H22O11/c1-7(17)22-6-12-13(23-8(2)18)14(24-9(3)19)15(25-10(4)20)16(27-12)26-11(5)21/h12-16H,6H2,1-5H3/t12-,13-,14+,15-,16?/m1/s1/i1D,2D,3D,4D,5D. The van der Waals surface area contributed by atoms with Crippen LogP contribution < -0.4 is 0 Å². The van der Waals surface area contributed by atoms with E-state index in [1.807, 2.05) is 0 Å². The molecule has 0 aromatic rings. The maximum absolute atomic E-state index is 11.8. The molecular formula is C16H22O11. The third-order valence-corrected chi connectivity index (χ3v) is 3.05. The quantitative estimate of drug-likeness (QED) is 0.429. The fourth-order valence-corrected chi connectivity index (χ4v) is 2.27. The lowest BCUT2D eigenvalue weighted by molar-refractivity contribution is -0.300. The van der Waals surface area contributed by atoms with Gasteiger partial charge in [0.05, 0.1) is 0 Å². The molecule has 1 fully saturated rings. The van der Waals surface area contributed by atoms with Crippen molar-refractivity contribution in [2.45, 2.75) is 65.2 Å². The average Bonchev–Trinajstić information content (AvgIpc) is 2.80. The Morgan fingerprint density at radius 3 is 1.74 bits per heavy atom. The van der Waals surface area contributed by atoms with E-state index >= 15 is 0 Å². The summed E-state index contributed by atoms with van der Waals surface area (Å²) >= 11 is 0. The Bertz CT molecular complexity index is 691. The van der Waals surface area contributed by atoms with Gasteiger partial charge in [-0.3, -0.25) is 24.0 Å². The molecule has 0 aromatic heterocycles. The summed E-state index contributed by atoms with van der Waals surface area (Å²) in [6.07, 6.45) is -8.52. The summed E-state index contributed by atoms with van der Waals surface area (Å²) in [6.45, 7) is -4.98. The first-order valence-corrected chi connectivity index (χ1v) is 7.25. The van der Waals surface area contributed by atoms with Crippen molar-refractivity contribution < 1.29 is 59.2 Å². The van der Waals surface area contributed by atoms with E-state index < -0.39 is 102 Å². The fraction of sp³-hybridized carbons (Fsp3) is 0.688. The van der Waals surface area contributed by atoms with E-state index in [4.69, 9.17) is 35.3 Å². The number of carbonyl (C=O) groups excluding carboxylic acids is 5. The van der Waals surface area contributed by atoms with Gasteiger partial charge >= 0.3 is 29.8 Å². The molecule has 0 radical (unpaired) electrons. The summed E-state index contributed by atoms with van der Waals surface area (Å²) in [5, 5.41) is 0. The average molecular weight is 395 g/mol. The van der Waals surface area contributed by atoms with Gasteiger partial charge in [-0.2, -0.15) is 0 Å². The van der Waals surface area contributed by atoms with E-state index in [-0.39, 0.29) is 0 Å². The molecule has 1 unspecified atom stereocenters. The topological polar surface area (TPSA) is 141 Å². The second-order valence-electron chi connectivity index (χ2n) is 5.08. The molecule has 1 saturated heterocycles. The highest BCUT2D eigenvalue weighted by atomic mass is 16.7. The molecule has 11 nitrogen and oxygen atoms in total. The van der Waals surface area contributed by atoms with E-state index in [0.717, 1.165) is 0 Å². The number of esters is 5. The molecule has 1 rings (SSSR count). The van der Waals surface area contributed by atoms with Crippen molar-refractivity contribution >= 4 is 29.8 Å². The Morgan fingerprint density at radius 1 is 0.704 bits per heavy atom. The minimum absolute atomic E-state index is 0.684. The van der Waals surface area contributed by atoms with Gasteiger partial charge in [-0.15, -0.1) is 0 Å². The molecule has 0 saturated carbocycles. The van der Waals surface area contributed by atoms with E-state index in [9.17, 15) is 24.0 Å². The number of rotatable bonds is 6. The van der Waals surface area contributed by atoms with Crippen molar-refractivity contribution in [2.24, 2.45) is 0 Å². The smallest absolute Gasteiger partial charge is 0.305 e. The molecule has 11 heteroatoms. The Kier molecular flexibility index (Phi) is 5.61. The van der Waals surface area contributed by atoms with Crippen molar-refractivity contribution in [1.29, 1.82) is 0 Å². The lowest BCUT2D eigenvalue weighted by Crippen LogP contribution is -2.63. The Balaban J connectivity index is 3.40. The highest BCUT2D eigenvalue weighted by Crippen LogP contribution is 2.29. The number of hydrogen-bond donors (Lipinski definition) is 0. The van der Waals surface area contributed by atoms with Crippen molar-refractivity contribution in [2.75, 3.05) is 6.61 Å². The van der Waals surface area contributed by atoms with E-state index in [1.165, 1.54) is 0 Å². The van der Waals surface area contributed by atoms with Crippen LogP contribution in [0, 0.1) is 0 Å². The molecular weight excluding hydrogens is 368 g/mol. The van der Waals surface area contributed by atoms with E-state index in [0.29, 0.717) is 0 Å². The monoisotopic (exact) mass is 395 g/mol. The molecule has 27 heavy (non-hydrogen) atoms. The third kappa shape index (κ3) is 7.21. The number of carbonyl (C=O) groups is 5. The van der Waals surface area contributed by atoms with Gasteiger partial charge < -0.3 is 28.4 Å². The Labute approximate surface area is 162 Å². The summed E-state index contributed by atoms with van der Waals surface area (Å²) in [4.78, 5) is 58.4. The fourth-order valence-electron chi connectivity index (χ4n) is 2.27. The van der Waals surface area contributed by atoms with Gasteiger partial charge in [-0.05, 0) is 0 Å². The summed E-state index contributed by atoms with van der Waals surface area (Å²) in [6, 6.07) is 0. The summed E-state index contributed by atoms with van der Waals surface area (Å²) in [5.74, 6) is -5.60. The molecule has 5 atom stereocenters. The lowest BCUT2D eigenvalue weighted by atomic mass is 9.98. The largest absolute Gasteiger partial charge is 0.463 e. The first kappa shape index (κ1) is 15.4. The van der Waals surface area contributed by atoms with Crippen molar-refractivity contribution in [3.63, 3.8) is 0 Å². The predicted molar refractivity (Wildman–Crippen MR) is 83.7 cm³/mol. The minimum Gasteiger partial charge on any atom is -0.463 e. The lowest BCUT2D eigenvalue weighted by Gasteiger charge is -2.43. The molecule has 0 N–H and O–H groups in total. The van der Waals surface area contributed by atoms with Gasteiger partial charge in [0.15, 0.2) is 12.2 Å². The zero-order valence-corrected chi connectivity index (χ0v) is 14.1. The SMILES string of the molecule is [2H]CC(=O)OC[C@H]1OC(OC(=O)C[2H])[C@H](OC(=O)C[2H])[C@@H](OC(=O)C[2H])[C@@H]1OC(=O)C[2H]. The van der Waals surface area contributed by atoms with Gasteiger partial charge in [-0.1, -0.05) is 0 Å². The first-order chi connectivity index (χ1) is 15.2. The molecule has 0 spiro atoms. The Hall–Kier alpha value is -2.69. The normalized spacial score (nSPS) is 29.5. The van der Waals surface area contributed by atoms with Crippen LogP contribution in [0.3, 0.4) is 0 Å². The second kappa shape index (κ2) is 9.86. The van der Waals surface area contributed by atoms with Crippen LogP contribution in [0.1, 0.15) is 41.4 Å². The van der Waals surface area contributed by atoms with Crippen LogP contribution in [0.5, 0.6) is 0 Å². The summed E-state index contributed by atoms with van der Waals surface area (Å²) < 4.78 is 65.7. The molecule has 0 aromatic carbocycles. The van der Waals surface area contributed by atoms with Crippen LogP contribution in [-0.2, 0) is 52.4 Å².